The Morgan fingerprint density at radius 2 is 1.64 bits per heavy atom. The van der Waals surface area contributed by atoms with Crippen molar-refractivity contribution in [1.29, 1.82) is 0 Å². The molecule has 0 spiro atoms. The van der Waals surface area contributed by atoms with Gasteiger partial charge in [-0.2, -0.15) is 0 Å². The summed E-state index contributed by atoms with van der Waals surface area (Å²) in [6.07, 6.45) is 0.289. The van der Waals surface area contributed by atoms with Gasteiger partial charge in [-0.1, -0.05) is 12.1 Å². The van der Waals surface area contributed by atoms with Gasteiger partial charge in [-0.05, 0) is 24.1 Å². The zero-order chi connectivity index (χ0) is 20.7. The van der Waals surface area contributed by atoms with Crippen LogP contribution in [0.15, 0.2) is 24.3 Å². The third kappa shape index (κ3) is 6.19. The Kier molecular flexibility index (Phi) is 7.32. The van der Waals surface area contributed by atoms with Gasteiger partial charge in [0.25, 0.3) is 0 Å². The number of carbonyl (C=O) groups is 3. The molecule has 10 heteroatoms. The molecule has 154 valence electrons. The molecule has 1 fully saturated rings. The van der Waals surface area contributed by atoms with Gasteiger partial charge in [0.1, 0.15) is 5.75 Å². The monoisotopic (exact) mass is 395 g/mol. The van der Waals surface area contributed by atoms with E-state index in [9.17, 15) is 34.8 Å². The van der Waals surface area contributed by atoms with Crippen LogP contribution in [0.2, 0.25) is 0 Å². The second kappa shape index (κ2) is 9.49. The lowest BCUT2D eigenvalue weighted by molar-refractivity contribution is -0.146. The minimum absolute atomic E-state index is 0.0808. The lowest BCUT2D eigenvalue weighted by atomic mass is 9.87. The Morgan fingerprint density at radius 1 is 1.04 bits per heavy atom. The summed E-state index contributed by atoms with van der Waals surface area (Å²) < 4.78 is 0. The molecule has 0 aliphatic carbocycles. The Bertz CT molecular complexity index is 694. The van der Waals surface area contributed by atoms with Crippen molar-refractivity contribution in [3.8, 4) is 5.75 Å². The average Bonchev–Trinajstić information content (AvgIpc) is 2.78. The van der Waals surface area contributed by atoms with E-state index in [1.54, 1.807) is 17.0 Å². The number of aliphatic carboxylic acids is 3. The molecule has 0 saturated carbocycles. The molecule has 0 amide bonds. The summed E-state index contributed by atoms with van der Waals surface area (Å²) in [5, 5.41) is 40.5. The molecule has 1 atom stereocenters. The minimum atomic E-state index is -1.17. The van der Waals surface area contributed by atoms with Crippen LogP contribution in [-0.2, 0) is 20.8 Å². The highest BCUT2D eigenvalue weighted by Crippen LogP contribution is 2.25. The molecule has 10 nitrogen and oxygen atoms in total. The maximum Gasteiger partial charge on any atom is 0.317 e. The maximum absolute atomic E-state index is 11.4. The molecule has 1 aliphatic heterocycles. The van der Waals surface area contributed by atoms with Gasteiger partial charge >= 0.3 is 17.9 Å². The Labute approximate surface area is 162 Å². The maximum atomic E-state index is 11.4. The highest BCUT2D eigenvalue weighted by atomic mass is 16.4. The van der Waals surface area contributed by atoms with E-state index in [-0.39, 0.29) is 25.3 Å². The number of hydrogen-bond donors (Lipinski definition) is 5. The van der Waals surface area contributed by atoms with E-state index in [0.29, 0.717) is 19.6 Å². The van der Waals surface area contributed by atoms with Crippen LogP contribution in [0.4, 0.5) is 0 Å². The minimum Gasteiger partial charge on any atom is -0.508 e. The van der Waals surface area contributed by atoms with Crippen LogP contribution in [0.25, 0.3) is 0 Å². The van der Waals surface area contributed by atoms with Crippen molar-refractivity contribution in [2.45, 2.75) is 12.0 Å². The number of rotatable bonds is 9. The van der Waals surface area contributed by atoms with Gasteiger partial charge in [-0.25, -0.2) is 0 Å². The fourth-order valence-electron chi connectivity index (χ4n) is 3.59. The fourth-order valence-corrected chi connectivity index (χ4v) is 3.59. The van der Waals surface area contributed by atoms with E-state index in [4.69, 9.17) is 0 Å². The second-order valence-corrected chi connectivity index (χ2v) is 6.99. The summed E-state index contributed by atoms with van der Waals surface area (Å²) in [5.41, 5.74) is -0.183. The molecule has 1 aromatic rings. The molecule has 1 saturated heterocycles. The third-order valence-electron chi connectivity index (χ3n) is 4.73. The number of nitrogens with zero attached hydrogens (tertiary/aromatic N) is 2. The summed E-state index contributed by atoms with van der Waals surface area (Å²) >= 11 is 0. The average molecular weight is 395 g/mol. The molecule has 0 radical (unpaired) electrons. The zero-order valence-electron chi connectivity index (χ0n) is 15.4. The first kappa shape index (κ1) is 21.6. The number of aromatic hydroxyl groups is 1. The first-order valence-corrected chi connectivity index (χ1v) is 8.81. The molecule has 28 heavy (non-hydrogen) atoms. The van der Waals surface area contributed by atoms with Crippen LogP contribution in [-0.4, -0.2) is 99.5 Å². The Morgan fingerprint density at radius 3 is 2.18 bits per heavy atom. The van der Waals surface area contributed by atoms with Gasteiger partial charge in [0, 0.05) is 26.2 Å². The van der Waals surface area contributed by atoms with Crippen LogP contribution in [0.1, 0.15) is 5.56 Å². The molecular weight excluding hydrogens is 370 g/mol. The van der Waals surface area contributed by atoms with Crippen molar-refractivity contribution in [3.05, 3.63) is 29.8 Å². The normalized spacial score (nSPS) is 20.6. The summed E-state index contributed by atoms with van der Waals surface area (Å²) in [4.78, 5) is 37.1. The molecule has 0 aromatic heterocycles. The fraction of sp³-hybridized carbons (Fsp3) is 0.500. The predicted octanol–water partition coefficient (Wildman–Crippen LogP) is -0.865. The Hall–Kier alpha value is -2.69. The van der Waals surface area contributed by atoms with Gasteiger partial charge in [0.15, 0.2) is 0 Å². The summed E-state index contributed by atoms with van der Waals surface area (Å²) in [7, 11) is 0. The van der Waals surface area contributed by atoms with Crippen molar-refractivity contribution in [2.75, 3.05) is 45.8 Å². The summed E-state index contributed by atoms with van der Waals surface area (Å²) in [6, 6.07) is 6.37. The van der Waals surface area contributed by atoms with Crippen LogP contribution in [0.5, 0.6) is 5.75 Å². The highest BCUT2D eigenvalue weighted by molar-refractivity contribution is 5.73. The van der Waals surface area contributed by atoms with Crippen molar-refractivity contribution in [3.63, 3.8) is 0 Å². The van der Waals surface area contributed by atoms with E-state index in [1.165, 1.54) is 17.0 Å². The number of benzene rings is 1. The summed E-state index contributed by atoms with van der Waals surface area (Å²) in [5.74, 6) is -3.26. The van der Waals surface area contributed by atoms with Crippen LogP contribution >= 0.6 is 0 Å². The molecule has 0 bridgehead atoms. The van der Waals surface area contributed by atoms with Crippen LogP contribution in [0, 0.1) is 0 Å². The van der Waals surface area contributed by atoms with E-state index < -0.39 is 36.5 Å². The van der Waals surface area contributed by atoms with E-state index in [0.717, 1.165) is 5.56 Å². The van der Waals surface area contributed by atoms with Crippen molar-refractivity contribution in [2.24, 2.45) is 0 Å². The van der Waals surface area contributed by atoms with Crippen molar-refractivity contribution < 1.29 is 34.8 Å². The molecule has 1 unspecified atom stereocenters. The van der Waals surface area contributed by atoms with E-state index in [1.807, 2.05) is 0 Å². The van der Waals surface area contributed by atoms with Gasteiger partial charge in [0.05, 0.1) is 25.2 Å². The SMILES string of the molecule is O=C(O)CN1CCNCC(Cc2ccc(O)cc2)(N(CC(=O)O)CC(=O)O)C1. The topological polar surface area (TPSA) is 151 Å². The van der Waals surface area contributed by atoms with Crippen LogP contribution in [0.3, 0.4) is 0 Å². The highest BCUT2D eigenvalue weighted by Gasteiger charge is 2.41. The van der Waals surface area contributed by atoms with Crippen molar-refractivity contribution in [1.82, 2.24) is 15.1 Å². The lowest BCUT2D eigenvalue weighted by Gasteiger charge is -2.44. The molecule has 1 aliphatic rings. The lowest BCUT2D eigenvalue weighted by Crippen LogP contribution is -2.62. The second-order valence-electron chi connectivity index (χ2n) is 6.99. The number of carboxylic acid groups (broad SMARTS) is 3. The first-order chi connectivity index (χ1) is 13.2. The molecular formula is C18H25N3O7. The number of phenols is 1. The number of phenolic OH excluding ortho intramolecular Hbond substituents is 1. The number of nitrogens with one attached hydrogen (secondary N) is 1. The summed E-state index contributed by atoms with van der Waals surface area (Å²) in [6.45, 7) is 0.210. The van der Waals surface area contributed by atoms with Gasteiger partial charge in [0.2, 0.25) is 0 Å². The van der Waals surface area contributed by atoms with Gasteiger partial charge in [-0.3, -0.25) is 24.2 Å². The van der Waals surface area contributed by atoms with Gasteiger partial charge < -0.3 is 25.7 Å². The zero-order valence-corrected chi connectivity index (χ0v) is 15.4. The predicted molar refractivity (Wildman–Crippen MR) is 98.3 cm³/mol. The number of hydrogen-bond acceptors (Lipinski definition) is 7. The van der Waals surface area contributed by atoms with Crippen LogP contribution < -0.4 is 5.32 Å². The molecule has 1 aromatic carbocycles. The molecule has 2 rings (SSSR count). The number of carboxylic acids is 3. The molecule has 1 heterocycles. The third-order valence-corrected chi connectivity index (χ3v) is 4.73. The first-order valence-electron chi connectivity index (χ1n) is 8.81. The Balaban J connectivity index is 2.43. The largest absolute Gasteiger partial charge is 0.508 e. The standard InChI is InChI=1S/C18H25N3O7/c22-14-3-1-13(2-4-14)7-18(21(9-16(25)26)10-17(27)28)11-19-5-6-20(12-18)8-15(23)24/h1-4,19,22H,5-12H2,(H,23,24)(H,25,26)(H,27,28). The quantitative estimate of drug-likeness (QED) is 0.357. The smallest absolute Gasteiger partial charge is 0.317 e. The van der Waals surface area contributed by atoms with Gasteiger partial charge in [-0.15, -0.1) is 0 Å². The van der Waals surface area contributed by atoms with E-state index >= 15 is 0 Å². The van der Waals surface area contributed by atoms with Crippen molar-refractivity contribution >= 4 is 17.9 Å². The molecule has 5 N–H and O–H groups in total. The van der Waals surface area contributed by atoms with E-state index in [2.05, 4.69) is 5.32 Å².